The van der Waals surface area contributed by atoms with Crippen molar-refractivity contribution in [3.8, 4) is 6.07 Å². The van der Waals surface area contributed by atoms with Crippen LogP contribution in [0.5, 0.6) is 0 Å². The van der Waals surface area contributed by atoms with Crippen LogP contribution in [0.1, 0.15) is 22.8 Å². The number of H-pyrrole nitrogens is 1. The minimum atomic E-state index is -0.656. The predicted molar refractivity (Wildman–Crippen MR) is 65.2 cm³/mol. The van der Waals surface area contributed by atoms with Gasteiger partial charge in [0, 0.05) is 10.9 Å². The monoisotopic (exact) mass is 242 g/mol. The molecular formula is C13H10N2O3. The first-order valence-corrected chi connectivity index (χ1v) is 5.41. The summed E-state index contributed by atoms with van der Waals surface area (Å²) in [6, 6.07) is 8.55. The number of hydrogen-bond donors (Lipinski definition) is 1. The lowest BCUT2D eigenvalue weighted by Crippen LogP contribution is -2.18. The molecule has 1 aromatic carbocycles. The van der Waals surface area contributed by atoms with Gasteiger partial charge in [0.1, 0.15) is 11.6 Å². The molecule has 2 rings (SSSR count). The highest BCUT2D eigenvalue weighted by atomic mass is 16.5. The number of benzene rings is 1. The van der Waals surface area contributed by atoms with Crippen molar-refractivity contribution in [2.45, 2.75) is 6.92 Å². The lowest BCUT2D eigenvalue weighted by atomic mass is 10.0. The Kier molecular flexibility index (Phi) is 3.11. The number of aromatic amines is 1. The molecule has 5 nitrogen and oxygen atoms in total. The molecule has 0 aliphatic heterocycles. The lowest BCUT2D eigenvalue weighted by molar-refractivity contribution is 0.0528. The summed E-state index contributed by atoms with van der Waals surface area (Å²) in [5.74, 6) is -0.656. The number of nitrogens with one attached hydrogen (secondary N) is 1. The fourth-order valence-corrected chi connectivity index (χ4v) is 1.77. The van der Waals surface area contributed by atoms with Crippen molar-refractivity contribution >= 4 is 16.9 Å². The van der Waals surface area contributed by atoms with E-state index in [0.717, 1.165) is 0 Å². The first-order chi connectivity index (χ1) is 8.69. The Labute approximate surface area is 103 Å². The molecule has 0 spiro atoms. The maximum atomic E-state index is 11.9. The van der Waals surface area contributed by atoms with Crippen LogP contribution >= 0.6 is 0 Å². The fourth-order valence-electron chi connectivity index (χ4n) is 1.77. The quantitative estimate of drug-likeness (QED) is 0.810. The van der Waals surface area contributed by atoms with E-state index in [4.69, 9.17) is 10.00 Å². The molecule has 5 heteroatoms. The number of ether oxygens (including phenoxy) is 1. The van der Waals surface area contributed by atoms with Gasteiger partial charge < -0.3 is 9.72 Å². The maximum Gasteiger partial charge on any atom is 0.340 e. The summed E-state index contributed by atoms with van der Waals surface area (Å²) in [7, 11) is 0. The third kappa shape index (κ3) is 1.84. The maximum absolute atomic E-state index is 11.9. The smallest absolute Gasteiger partial charge is 0.340 e. The van der Waals surface area contributed by atoms with Crippen LogP contribution in [0.3, 0.4) is 0 Å². The molecule has 0 aliphatic carbocycles. The Bertz CT molecular complexity index is 710. The van der Waals surface area contributed by atoms with Gasteiger partial charge in [-0.2, -0.15) is 5.26 Å². The molecule has 18 heavy (non-hydrogen) atoms. The number of aromatic nitrogens is 1. The highest BCUT2D eigenvalue weighted by Crippen LogP contribution is 2.18. The zero-order valence-electron chi connectivity index (χ0n) is 9.69. The van der Waals surface area contributed by atoms with E-state index in [1.165, 1.54) is 0 Å². The predicted octanol–water partition coefficient (Wildman–Crippen LogP) is 1.58. The molecule has 90 valence electrons. The van der Waals surface area contributed by atoms with Crippen molar-refractivity contribution < 1.29 is 9.53 Å². The summed E-state index contributed by atoms with van der Waals surface area (Å²) in [5, 5.41) is 9.50. The highest BCUT2D eigenvalue weighted by Gasteiger charge is 2.19. The number of pyridine rings is 1. The zero-order chi connectivity index (χ0) is 13.1. The number of para-hydroxylation sites is 1. The largest absolute Gasteiger partial charge is 0.462 e. The highest BCUT2D eigenvalue weighted by molar-refractivity contribution is 6.05. The first-order valence-electron chi connectivity index (χ1n) is 5.41. The van der Waals surface area contributed by atoms with Crippen LogP contribution in [-0.4, -0.2) is 17.6 Å². The van der Waals surface area contributed by atoms with Crippen LogP contribution in [-0.2, 0) is 4.74 Å². The number of hydrogen-bond acceptors (Lipinski definition) is 4. The lowest BCUT2D eigenvalue weighted by Gasteiger charge is -2.07. The second-order valence-corrected chi connectivity index (χ2v) is 3.58. The van der Waals surface area contributed by atoms with Gasteiger partial charge in [0.2, 0.25) is 0 Å². The number of carbonyl (C=O) groups is 1. The Hall–Kier alpha value is -2.61. The summed E-state index contributed by atoms with van der Waals surface area (Å²) in [4.78, 5) is 26.1. The molecular weight excluding hydrogens is 232 g/mol. The molecule has 0 unspecified atom stereocenters. The fraction of sp³-hybridized carbons (Fsp3) is 0.154. The van der Waals surface area contributed by atoms with Gasteiger partial charge >= 0.3 is 5.97 Å². The zero-order valence-corrected chi connectivity index (χ0v) is 9.69. The van der Waals surface area contributed by atoms with E-state index in [1.54, 1.807) is 37.3 Å². The van der Waals surface area contributed by atoms with Gasteiger partial charge in [-0.3, -0.25) is 4.79 Å². The standard InChI is InChI=1S/C13H10N2O3/c1-2-18-13(17)11-8-5-3-4-6-10(8)15-12(16)9(11)7-14/h3-6H,2H2,1H3,(H,15,16). The molecule has 0 bridgehead atoms. The molecule has 1 heterocycles. The third-order valence-electron chi connectivity index (χ3n) is 2.51. The average Bonchev–Trinajstić information content (AvgIpc) is 2.37. The van der Waals surface area contributed by atoms with Crippen LogP contribution in [0, 0.1) is 11.3 Å². The summed E-state index contributed by atoms with van der Waals surface area (Å²) in [5.41, 5.74) is -0.269. The van der Waals surface area contributed by atoms with Gasteiger partial charge in [-0.1, -0.05) is 18.2 Å². The molecule has 0 saturated heterocycles. The Morgan fingerprint density at radius 2 is 2.17 bits per heavy atom. The number of carbonyl (C=O) groups excluding carboxylic acids is 1. The first kappa shape index (κ1) is 11.9. The summed E-state index contributed by atoms with van der Waals surface area (Å²) < 4.78 is 4.89. The van der Waals surface area contributed by atoms with E-state index in [-0.39, 0.29) is 17.7 Å². The van der Waals surface area contributed by atoms with E-state index in [2.05, 4.69) is 4.98 Å². The molecule has 1 aromatic heterocycles. The van der Waals surface area contributed by atoms with Gasteiger partial charge in [0.25, 0.3) is 5.56 Å². The Balaban J connectivity index is 2.86. The van der Waals surface area contributed by atoms with Crippen LogP contribution in [0.4, 0.5) is 0 Å². The molecule has 0 radical (unpaired) electrons. The Morgan fingerprint density at radius 1 is 1.44 bits per heavy atom. The van der Waals surface area contributed by atoms with E-state index < -0.39 is 11.5 Å². The molecule has 0 aliphatic rings. The average molecular weight is 242 g/mol. The van der Waals surface area contributed by atoms with Gasteiger partial charge in [0.15, 0.2) is 0 Å². The van der Waals surface area contributed by atoms with Crippen LogP contribution in [0.2, 0.25) is 0 Å². The van der Waals surface area contributed by atoms with Crippen LogP contribution in [0.25, 0.3) is 10.9 Å². The number of nitriles is 1. The SMILES string of the molecule is CCOC(=O)c1c(C#N)c(=O)[nH]c2ccccc12. The third-order valence-corrected chi connectivity index (χ3v) is 2.51. The molecule has 0 atom stereocenters. The summed E-state index contributed by atoms with van der Waals surface area (Å²) >= 11 is 0. The van der Waals surface area contributed by atoms with Crippen LogP contribution < -0.4 is 5.56 Å². The number of fused-ring (bicyclic) bond motifs is 1. The molecule has 1 N–H and O–H groups in total. The van der Waals surface area contributed by atoms with E-state index >= 15 is 0 Å². The second-order valence-electron chi connectivity index (χ2n) is 3.58. The summed E-state index contributed by atoms with van der Waals surface area (Å²) in [6.45, 7) is 1.85. The normalized spacial score (nSPS) is 10.0. The van der Waals surface area contributed by atoms with E-state index in [9.17, 15) is 9.59 Å². The van der Waals surface area contributed by atoms with Crippen molar-refractivity contribution in [2.75, 3.05) is 6.61 Å². The van der Waals surface area contributed by atoms with Crippen molar-refractivity contribution in [1.29, 1.82) is 5.26 Å². The van der Waals surface area contributed by atoms with E-state index in [0.29, 0.717) is 10.9 Å². The minimum Gasteiger partial charge on any atom is -0.462 e. The van der Waals surface area contributed by atoms with Crippen molar-refractivity contribution in [3.05, 3.63) is 45.7 Å². The van der Waals surface area contributed by atoms with Gasteiger partial charge in [-0.15, -0.1) is 0 Å². The summed E-state index contributed by atoms with van der Waals surface area (Å²) in [6.07, 6.45) is 0. The van der Waals surface area contributed by atoms with Crippen molar-refractivity contribution in [1.82, 2.24) is 4.98 Å². The van der Waals surface area contributed by atoms with E-state index in [1.807, 2.05) is 0 Å². The Morgan fingerprint density at radius 3 is 2.83 bits per heavy atom. The number of esters is 1. The van der Waals surface area contributed by atoms with Gasteiger partial charge in [0.05, 0.1) is 12.2 Å². The molecule has 0 fully saturated rings. The van der Waals surface area contributed by atoms with Crippen molar-refractivity contribution in [3.63, 3.8) is 0 Å². The van der Waals surface area contributed by atoms with Crippen LogP contribution in [0.15, 0.2) is 29.1 Å². The van der Waals surface area contributed by atoms with Crippen molar-refractivity contribution in [2.24, 2.45) is 0 Å². The minimum absolute atomic E-state index is 0.0266. The second kappa shape index (κ2) is 4.72. The number of rotatable bonds is 2. The number of nitrogens with zero attached hydrogens (tertiary/aromatic N) is 1. The molecule has 0 saturated carbocycles. The topological polar surface area (TPSA) is 82.9 Å². The molecule has 2 aromatic rings. The van der Waals surface area contributed by atoms with Gasteiger partial charge in [-0.05, 0) is 13.0 Å². The van der Waals surface area contributed by atoms with Gasteiger partial charge in [-0.25, -0.2) is 4.79 Å². The molecule has 0 amide bonds.